The molecule has 0 aliphatic carbocycles. The molecule has 5 nitrogen and oxygen atoms in total. The average molecular weight is 304 g/mol. The Morgan fingerprint density at radius 3 is 2.77 bits per heavy atom. The Hall–Kier alpha value is -1.88. The Morgan fingerprint density at radius 2 is 2.09 bits per heavy atom. The van der Waals surface area contributed by atoms with Gasteiger partial charge in [-0.25, -0.2) is 0 Å². The number of carbonyl (C=O) groups excluding carboxylic acids is 2. The lowest BCUT2D eigenvalue weighted by Crippen LogP contribution is -2.34. The molecule has 2 rings (SSSR count). The van der Waals surface area contributed by atoms with Crippen LogP contribution < -0.4 is 10.2 Å². The van der Waals surface area contributed by atoms with Crippen LogP contribution in [0.4, 0.5) is 5.69 Å². The highest BCUT2D eigenvalue weighted by atomic mass is 16.5. The number of rotatable bonds is 7. The lowest BCUT2D eigenvalue weighted by molar-refractivity contribution is -0.126. The molecule has 1 N–H and O–H groups in total. The highest BCUT2D eigenvalue weighted by Crippen LogP contribution is 2.24. The van der Waals surface area contributed by atoms with E-state index in [1.54, 1.807) is 4.90 Å². The van der Waals surface area contributed by atoms with Crippen molar-refractivity contribution in [2.45, 2.75) is 32.8 Å². The number of nitrogens with zero attached hydrogens (tertiary/aromatic N) is 1. The minimum absolute atomic E-state index is 0.00879. The van der Waals surface area contributed by atoms with E-state index in [1.165, 1.54) is 0 Å². The smallest absolute Gasteiger partial charge is 0.227 e. The van der Waals surface area contributed by atoms with Gasteiger partial charge in [-0.2, -0.15) is 0 Å². The molecular weight excluding hydrogens is 280 g/mol. The summed E-state index contributed by atoms with van der Waals surface area (Å²) in [5, 5.41) is 2.89. The number of hydrogen-bond donors (Lipinski definition) is 1. The number of para-hydroxylation sites is 1. The second-order valence-corrected chi connectivity index (χ2v) is 5.81. The maximum absolute atomic E-state index is 12.1. The fourth-order valence-corrected chi connectivity index (χ4v) is 2.49. The van der Waals surface area contributed by atoms with Crippen LogP contribution in [-0.4, -0.2) is 37.6 Å². The minimum Gasteiger partial charge on any atom is -0.379 e. The fourth-order valence-electron chi connectivity index (χ4n) is 2.49. The quantitative estimate of drug-likeness (QED) is 0.784. The molecule has 1 aliphatic heterocycles. The Bertz CT molecular complexity index is 502. The number of benzene rings is 1. The van der Waals surface area contributed by atoms with Crippen LogP contribution in [-0.2, 0) is 14.3 Å². The van der Waals surface area contributed by atoms with Crippen molar-refractivity contribution in [3.63, 3.8) is 0 Å². The lowest BCUT2D eigenvalue weighted by atomic mass is 10.1. The highest BCUT2D eigenvalue weighted by Gasteiger charge is 2.34. The number of amides is 2. The van der Waals surface area contributed by atoms with Gasteiger partial charge >= 0.3 is 0 Å². The summed E-state index contributed by atoms with van der Waals surface area (Å²) in [6.45, 7) is 5.65. The molecule has 2 amide bonds. The molecule has 1 aromatic carbocycles. The van der Waals surface area contributed by atoms with Crippen molar-refractivity contribution in [2.75, 3.05) is 24.6 Å². The van der Waals surface area contributed by atoms with Crippen LogP contribution in [0.25, 0.3) is 0 Å². The standard InChI is InChI=1S/C17H24N2O3/c1-13(2)22-10-6-9-18-17(21)14-11-16(20)19(12-14)15-7-4-3-5-8-15/h3-5,7-8,13-14H,6,9-12H2,1-2H3,(H,18,21). The summed E-state index contributed by atoms with van der Waals surface area (Å²) < 4.78 is 5.43. The van der Waals surface area contributed by atoms with Gasteiger partial charge in [-0.3, -0.25) is 9.59 Å². The number of nitrogens with one attached hydrogen (secondary N) is 1. The zero-order valence-electron chi connectivity index (χ0n) is 13.2. The first-order valence-electron chi connectivity index (χ1n) is 7.82. The van der Waals surface area contributed by atoms with Gasteiger partial charge in [0.25, 0.3) is 0 Å². The molecule has 1 unspecified atom stereocenters. The van der Waals surface area contributed by atoms with Gasteiger partial charge in [0.2, 0.25) is 11.8 Å². The molecule has 0 spiro atoms. The summed E-state index contributed by atoms with van der Waals surface area (Å²) in [6.07, 6.45) is 1.28. The molecule has 0 aromatic heterocycles. The van der Waals surface area contributed by atoms with Crippen LogP contribution in [0.2, 0.25) is 0 Å². The topological polar surface area (TPSA) is 58.6 Å². The van der Waals surface area contributed by atoms with Gasteiger partial charge < -0.3 is 15.0 Å². The number of anilines is 1. The molecule has 0 bridgehead atoms. The van der Waals surface area contributed by atoms with Crippen molar-refractivity contribution in [1.82, 2.24) is 5.32 Å². The monoisotopic (exact) mass is 304 g/mol. The summed E-state index contributed by atoms with van der Waals surface area (Å²) in [7, 11) is 0. The summed E-state index contributed by atoms with van der Waals surface area (Å²) in [5.74, 6) is -0.301. The summed E-state index contributed by atoms with van der Waals surface area (Å²) in [6, 6.07) is 9.48. The summed E-state index contributed by atoms with van der Waals surface area (Å²) in [4.78, 5) is 25.9. The Morgan fingerprint density at radius 1 is 1.36 bits per heavy atom. The van der Waals surface area contributed by atoms with Crippen LogP contribution in [0.15, 0.2) is 30.3 Å². The molecule has 5 heteroatoms. The van der Waals surface area contributed by atoms with Crippen LogP contribution in [0, 0.1) is 5.92 Å². The molecule has 1 atom stereocenters. The van der Waals surface area contributed by atoms with Crippen molar-refractivity contribution in [1.29, 1.82) is 0 Å². The van der Waals surface area contributed by atoms with E-state index in [0.717, 1.165) is 12.1 Å². The van der Waals surface area contributed by atoms with E-state index in [-0.39, 0.29) is 30.3 Å². The Labute approximate surface area is 131 Å². The van der Waals surface area contributed by atoms with Gasteiger partial charge in [0.15, 0.2) is 0 Å². The molecular formula is C17H24N2O3. The van der Waals surface area contributed by atoms with E-state index in [2.05, 4.69) is 5.32 Å². The number of ether oxygens (including phenoxy) is 1. The largest absolute Gasteiger partial charge is 0.379 e. The van der Waals surface area contributed by atoms with Gasteiger partial charge in [0, 0.05) is 31.8 Å². The van der Waals surface area contributed by atoms with Crippen LogP contribution in [0.3, 0.4) is 0 Å². The van der Waals surface area contributed by atoms with E-state index in [9.17, 15) is 9.59 Å². The molecule has 120 valence electrons. The van der Waals surface area contributed by atoms with Crippen molar-refractivity contribution in [2.24, 2.45) is 5.92 Å². The molecule has 1 aliphatic rings. The molecule has 1 saturated heterocycles. The zero-order valence-corrected chi connectivity index (χ0v) is 13.2. The molecule has 1 aromatic rings. The average Bonchev–Trinajstić information content (AvgIpc) is 2.89. The summed E-state index contributed by atoms with van der Waals surface area (Å²) in [5.41, 5.74) is 0.855. The first-order valence-corrected chi connectivity index (χ1v) is 7.82. The van der Waals surface area contributed by atoms with Crippen molar-refractivity contribution < 1.29 is 14.3 Å². The Balaban J connectivity index is 1.77. The molecule has 0 radical (unpaired) electrons. The van der Waals surface area contributed by atoms with Gasteiger partial charge in [-0.1, -0.05) is 18.2 Å². The van der Waals surface area contributed by atoms with Crippen molar-refractivity contribution in [3.05, 3.63) is 30.3 Å². The van der Waals surface area contributed by atoms with E-state index in [0.29, 0.717) is 19.7 Å². The third kappa shape index (κ3) is 4.56. The minimum atomic E-state index is -0.265. The maximum atomic E-state index is 12.1. The second-order valence-electron chi connectivity index (χ2n) is 5.81. The SMILES string of the molecule is CC(C)OCCCNC(=O)C1CC(=O)N(c2ccccc2)C1. The Kier molecular flexibility index (Phi) is 5.95. The third-order valence-corrected chi connectivity index (χ3v) is 3.64. The molecule has 22 heavy (non-hydrogen) atoms. The van der Waals surface area contributed by atoms with Crippen LogP contribution in [0.5, 0.6) is 0 Å². The number of carbonyl (C=O) groups is 2. The molecule has 0 saturated carbocycles. The normalized spacial score (nSPS) is 18.0. The molecule has 1 fully saturated rings. The van der Waals surface area contributed by atoms with E-state index in [4.69, 9.17) is 4.74 Å². The van der Waals surface area contributed by atoms with Gasteiger partial charge in [-0.15, -0.1) is 0 Å². The first-order chi connectivity index (χ1) is 10.6. The number of hydrogen-bond acceptors (Lipinski definition) is 3. The zero-order chi connectivity index (χ0) is 15.9. The predicted octanol–water partition coefficient (Wildman–Crippen LogP) is 1.97. The van der Waals surface area contributed by atoms with E-state index in [1.807, 2.05) is 44.2 Å². The van der Waals surface area contributed by atoms with Gasteiger partial charge in [0.1, 0.15) is 0 Å². The lowest BCUT2D eigenvalue weighted by Gasteiger charge is -2.16. The predicted molar refractivity (Wildman–Crippen MR) is 85.6 cm³/mol. The highest BCUT2D eigenvalue weighted by molar-refractivity contribution is 6.00. The van der Waals surface area contributed by atoms with Crippen LogP contribution >= 0.6 is 0 Å². The van der Waals surface area contributed by atoms with Gasteiger partial charge in [0.05, 0.1) is 12.0 Å². The van der Waals surface area contributed by atoms with E-state index >= 15 is 0 Å². The van der Waals surface area contributed by atoms with Crippen LogP contribution in [0.1, 0.15) is 26.7 Å². The molecule has 1 heterocycles. The summed E-state index contributed by atoms with van der Waals surface area (Å²) >= 11 is 0. The van der Waals surface area contributed by atoms with Crippen molar-refractivity contribution in [3.8, 4) is 0 Å². The maximum Gasteiger partial charge on any atom is 0.227 e. The first kappa shape index (κ1) is 16.5. The van der Waals surface area contributed by atoms with Gasteiger partial charge in [-0.05, 0) is 32.4 Å². The van der Waals surface area contributed by atoms with E-state index < -0.39 is 0 Å². The third-order valence-electron chi connectivity index (χ3n) is 3.64. The fraction of sp³-hybridized carbons (Fsp3) is 0.529. The second kappa shape index (κ2) is 7.94. The van der Waals surface area contributed by atoms with Crippen molar-refractivity contribution >= 4 is 17.5 Å².